The van der Waals surface area contributed by atoms with Crippen molar-refractivity contribution >= 4 is 0 Å². The van der Waals surface area contributed by atoms with Gasteiger partial charge in [-0.25, -0.2) is 22.0 Å². The van der Waals surface area contributed by atoms with Crippen LogP contribution in [-0.2, 0) is 4.74 Å². The third-order valence-corrected chi connectivity index (χ3v) is 2.07. The maximum absolute atomic E-state index is 13.4. The molecule has 0 rings (SSSR count). The van der Waals surface area contributed by atoms with Crippen LogP contribution < -0.4 is 0 Å². The molecular weight excluding hydrogens is 359 g/mol. The van der Waals surface area contributed by atoms with Crippen molar-refractivity contribution in [3.63, 3.8) is 0 Å². The van der Waals surface area contributed by atoms with E-state index in [1.165, 1.54) is 0 Å². The van der Waals surface area contributed by atoms with E-state index in [1.54, 1.807) is 0 Å². The molecule has 22 heavy (non-hydrogen) atoms. The zero-order valence-electron chi connectivity index (χ0n) is 9.76. The summed E-state index contributed by atoms with van der Waals surface area (Å²) in [5.41, 5.74) is 0. The Kier molecular flexibility index (Phi) is 6.00. The zero-order valence-corrected chi connectivity index (χ0v) is 9.76. The molecule has 0 aliphatic heterocycles. The van der Waals surface area contributed by atoms with E-state index in [0.717, 1.165) is 0 Å². The van der Waals surface area contributed by atoms with E-state index in [0.29, 0.717) is 0 Å². The monoisotopic (exact) mass is 364 g/mol. The minimum Gasteiger partial charge on any atom is -0.334 e. The van der Waals surface area contributed by atoms with Gasteiger partial charge in [0.2, 0.25) is 0 Å². The van der Waals surface area contributed by atoms with Gasteiger partial charge in [0.25, 0.3) is 18.2 Å². The first kappa shape index (κ1) is 21.0. The molecule has 0 saturated carbocycles. The fraction of sp³-hybridized carbons (Fsp3) is 1.00. The highest BCUT2D eigenvalue weighted by Crippen LogP contribution is 2.44. The summed E-state index contributed by atoms with van der Waals surface area (Å²) in [6.45, 7) is -3.12. The average molecular weight is 364 g/mol. The molecule has 0 amide bonds. The van der Waals surface area contributed by atoms with Crippen molar-refractivity contribution in [3.8, 4) is 0 Å². The lowest BCUT2D eigenvalue weighted by molar-refractivity contribution is -0.353. The molecule has 134 valence electrons. The zero-order chi connectivity index (χ0) is 18.1. The average Bonchev–Trinajstić information content (AvgIpc) is 2.31. The van der Waals surface area contributed by atoms with Crippen LogP contribution in [0, 0.1) is 0 Å². The highest BCUT2D eigenvalue weighted by molar-refractivity contribution is 4.94. The van der Waals surface area contributed by atoms with E-state index in [-0.39, 0.29) is 0 Å². The van der Waals surface area contributed by atoms with E-state index in [4.69, 9.17) is 0 Å². The van der Waals surface area contributed by atoms with Gasteiger partial charge >= 0.3 is 24.7 Å². The van der Waals surface area contributed by atoms with Gasteiger partial charge in [-0.2, -0.15) is 35.1 Å². The normalized spacial score (nSPS) is 19.9. The first-order valence-electron chi connectivity index (χ1n) is 4.86. The van der Waals surface area contributed by atoms with E-state index in [1.807, 2.05) is 0 Å². The molecule has 0 saturated heterocycles. The summed E-state index contributed by atoms with van der Waals surface area (Å²) in [6, 6.07) is 0. The topological polar surface area (TPSA) is 9.23 Å². The molecule has 0 aromatic rings. The number of halogens is 13. The van der Waals surface area contributed by atoms with Gasteiger partial charge in [0.05, 0.1) is 0 Å². The molecule has 0 heterocycles. The number of hydrogen-bond donors (Lipinski definition) is 0. The molecule has 0 fully saturated rings. The Morgan fingerprint density at radius 1 is 0.636 bits per heavy atom. The van der Waals surface area contributed by atoms with Gasteiger partial charge in [-0.1, -0.05) is 0 Å². The Morgan fingerprint density at radius 2 is 0.955 bits per heavy atom. The highest BCUT2D eigenvalue weighted by Gasteiger charge is 2.69. The van der Waals surface area contributed by atoms with Crippen LogP contribution in [0.5, 0.6) is 0 Å². The van der Waals surface area contributed by atoms with Crippen LogP contribution in [0.25, 0.3) is 0 Å². The number of rotatable bonds is 6. The van der Waals surface area contributed by atoms with Crippen LogP contribution in [0.15, 0.2) is 0 Å². The summed E-state index contributed by atoms with van der Waals surface area (Å²) in [5.74, 6) is -11.5. The van der Waals surface area contributed by atoms with Crippen molar-refractivity contribution in [2.75, 3.05) is 6.61 Å². The largest absolute Gasteiger partial charge is 0.425 e. The second kappa shape index (κ2) is 6.28. The van der Waals surface area contributed by atoms with E-state index in [2.05, 4.69) is 4.74 Å². The highest BCUT2D eigenvalue weighted by atomic mass is 19.4. The Morgan fingerprint density at radius 3 is 1.18 bits per heavy atom. The molecule has 1 nitrogen and oxygen atoms in total. The molecule has 0 aliphatic rings. The van der Waals surface area contributed by atoms with E-state index < -0.39 is 49.5 Å². The first-order valence-corrected chi connectivity index (χ1v) is 4.86. The third kappa shape index (κ3) is 4.78. The molecular formula is C8H5F13O. The van der Waals surface area contributed by atoms with Crippen LogP contribution in [0.4, 0.5) is 57.1 Å². The molecule has 0 aromatic carbocycles. The lowest BCUT2D eigenvalue weighted by Crippen LogP contribution is -2.58. The first-order chi connectivity index (χ1) is 9.46. The molecule has 0 aliphatic carbocycles. The van der Waals surface area contributed by atoms with E-state index in [9.17, 15) is 57.1 Å². The second-order valence-electron chi connectivity index (χ2n) is 3.86. The standard InChI is InChI=1S/C8H5F13O/c9-2(7(16,17)18)6(15,3(10)8(19,20)21)22-1-5(13,14)4(11)12/h2-4H,1H2. The summed E-state index contributed by atoms with van der Waals surface area (Å²) >= 11 is 0. The van der Waals surface area contributed by atoms with Crippen molar-refractivity contribution < 1.29 is 61.8 Å². The predicted molar refractivity (Wildman–Crippen MR) is 42.6 cm³/mol. The van der Waals surface area contributed by atoms with Gasteiger partial charge in [-0.15, -0.1) is 0 Å². The Labute approximate surface area is 113 Å². The number of alkyl halides is 13. The molecule has 0 radical (unpaired) electrons. The van der Waals surface area contributed by atoms with Crippen molar-refractivity contribution in [2.45, 2.75) is 42.9 Å². The molecule has 14 heteroatoms. The summed E-state index contributed by atoms with van der Waals surface area (Å²) < 4.78 is 161. The van der Waals surface area contributed by atoms with Crippen LogP contribution in [0.3, 0.4) is 0 Å². The van der Waals surface area contributed by atoms with Crippen molar-refractivity contribution in [3.05, 3.63) is 0 Å². The van der Waals surface area contributed by atoms with Crippen LogP contribution in [0.1, 0.15) is 0 Å². The molecule has 2 atom stereocenters. The number of ether oxygens (including phenoxy) is 1. The molecule has 0 bridgehead atoms. The summed E-state index contributed by atoms with van der Waals surface area (Å²) in [7, 11) is 0. The number of hydrogen-bond acceptors (Lipinski definition) is 1. The fourth-order valence-corrected chi connectivity index (χ4v) is 0.991. The van der Waals surface area contributed by atoms with Crippen LogP contribution in [0.2, 0.25) is 0 Å². The Bertz CT molecular complexity index is 338. The van der Waals surface area contributed by atoms with Gasteiger partial charge in [0, 0.05) is 0 Å². The second-order valence-corrected chi connectivity index (χ2v) is 3.86. The Balaban J connectivity index is 5.55. The third-order valence-electron chi connectivity index (χ3n) is 2.07. The van der Waals surface area contributed by atoms with Crippen molar-refractivity contribution in [1.29, 1.82) is 0 Å². The van der Waals surface area contributed by atoms with Crippen molar-refractivity contribution in [2.24, 2.45) is 0 Å². The molecule has 0 aromatic heterocycles. The van der Waals surface area contributed by atoms with E-state index >= 15 is 0 Å². The SMILES string of the molecule is FC(F)C(F)(F)COC(F)(C(F)C(F)(F)F)C(F)C(F)(F)F. The molecule has 0 N–H and O–H groups in total. The Hall–Kier alpha value is -0.950. The van der Waals surface area contributed by atoms with Crippen LogP contribution in [-0.4, -0.2) is 49.5 Å². The van der Waals surface area contributed by atoms with Gasteiger partial charge in [-0.05, 0) is 0 Å². The quantitative estimate of drug-likeness (QED) is 0.636. The van der Waals surface area contributed by atoms with Gasteiger partial charge in [0.15, 0.2) is 0 Å². The predicted octanol–water partition coefficient (Wildman–Crippen LogP) is 4.37. The van der Waals surface area contributed by atoms with Crippen LogP contribution >= 0.6 is 0 Å². The lowest BCUT2D eigenvalue weighted by Gasteiger charge is -2.34. The fourth-order valence-electron chi connectivity index (χ4n) is 0.991. The summed E-state index contributed by atoms with van der Waals surface area (Å²) in [4.78, 5) is 0. The molecule has 0 spiro atoms. The van der Waals surface area contributed by atoms with Gasteiger partial charge < -0.3 is 4.74 Å². The van der Waals surface area contributed by atoms with Gasteiger partial charge in [0.1, 0.15) is 6.61 Å². The molecule has 2 unspecified atom stereocenters. The maximum atomic E-state index is 13.4. The minimum absolute atomic E-state index is 2.65. The van der Waals surface area contributed by atoms with Crippen molar-refractivity contribution in [1.82, 2.24) is 0 Å². The maximum Gasteiger partial charge on any atom is 0.425 e. The lowest BCUT2D eigenvalue weighted by atomic mass is 10.1. The summed E-state index contributed by atoms with van der Waals surface area (Å²) in [6.07, 6.45) is -28.4. The minimum atomic E-state index is -6.48. The van der Waals surface area contributed by atoms with Gasteiger partial charge in [-0.3, -0.25) is 0 Å². The summed E-state index contributed by atoms with van der Waals surface area (Å²) in [5, 5.41) is 0. The smallest absolute Gasteiger partial charge is 0.334 e.